The Bertz CT molecular complexity index is 541. The number of halogens is 1. The van der Waals surface area contributed by atoms with E-state index >= 15 is 0 Å². The van der Waals surface area contributed by atoms with Crippen LogP contribution in [0.2, 0.25) is 5.02 Å². The van der Waals surface area contributed by atoms with E-state index in [4.69, 9.17) is 16.7 Å². The largest absolute Gasteiger partial charge is 0.396 e. The molecule has 0 fully saturated rings. The van der Waals surface area contributed by atoms with Crippen molar-refractivity contribution in [1.29, 1.82) is 0 Å². The second kappa shape index (κ2) is 15.0. The van der Waals surface area contributed by atoms with Gasteiger partial charge in [-0.15, -0.1) is 6.58 Å². The average molecular weight is 382 g/mol. The van der Waals surface area contributed by atoms with Gasteiger partial charge in [-0.2, -0.15) is 0 Å². The van der Waals surface area contributed by atoms with Crippen LogP contribution >= 0.6 is 11.6 Å². The molecule has 0 saturated heterocycles. The summed E-state index contributed by atoms with van der Waals surface area (Å²) in [6.45, 7) is 4.21. The van der Waals surface area contributed by atoms with Gasteiger partial charge in [0.05, 0.1) is 11.1 Å². The van der Waals surface area contributed by atoms with E-state index in [0.29, 0.717) is 11.6 Å². The number of hydrogen-bond donors (Lipinski definition) is 1. The molecule has 0 saturated carbocycles. The van der Waals surface area contributed by atoms with Crippen LogP contribution in [0.25, 0.3) is 0 Å². The van der Waals surface area contributed by atoms with E-state index in [1.54, 1.807) is 16.8 Å². The Kier molecular flexibility index (Phi) is 13.3. The van der Waals surface area contributed by atoms with Gasteiger partial charge in [-0.3, -0.25) is 4.79 Å². The predicted octanol–water partition coefficient (Wildman–Crippen LogP) is 6.29. The second-order valence-electron chi connectivity index (χ2n) is 7.15. The van der Waals surface area contributed by atoms with Crippen LogP contribution in [0.3, 0.4) is 0 Å². The van der Waals surface area contributed by atoms with Crippen molar-refractivity contribution in [3.8, 4) is 0 Å². The van der Waals surface area contributed by atoms with Gasteiger partial charge in [0.15, 0.2) is 0 Å². The van der Waals surface area contributed by atoms with E-state index < -0.39 is 0 Å². The molecule has 1 rings (SSSR count). The molecular formula is C22H36ClNO2. The lowest BCUT2D eigenvalue weighted by molar-refractivity contribution is 0.282. The number of allylic oxidation sites excluding steroid dienone is 1. The number of pyridine rings is 1. The molecule has 1 unspecified atom stereocenters. The SMILES string of the molecule is C=CC(CCCCCCCCCCCCCCO)n1cc(Cl)ccc1=O. The predicted molar refractivity (Wildman–Crippen MR) is 112 cm³/mol. The lowest BCUT2D eigenvalue weighted by Gasteiger charge is -2.16. The molecule has 3 nitrogen and oxygen atoms in total. The Hall–Kier alpha value is -1.06. The van der Waals surface area contributed by atoms with Crippen molar-refractivity contribution in [3.05, 3.63) is 46.4 Å². The highest BCUT2D eigenvalue weighted by molar-refractivity contribution is 6.30. The molecule has 0 aromatic carbocycles. The van der Waals surface area contributed by atoms with E-state index in [1.165, 1.54) is 70.3 Å². The van der Waals surface area contributed by atoms with Crippen molar-refractivity contribution in [2.45, 2.75) is 89.5 Å². The summed E-state index contributed by atoms with van der Waals surface area (Å²) in [5, 5.41) is 9.32. The molecule has 0 aliphatic rings. The van der Waals surface area contributed by atoms with Crippen LogP contribution < -0.4 is 5.56 Å². The van der Waals surface area contributed by atoms with Crippen molar-refractivity contribution in [1.82, 2.24) is 4.57 Å². The molecule has 0 spiro atoms. The summed E-state index contributed by atoms with van der Waals surface area (Å²) in [6, 6.07) is 3.19. The van der Waals surface area contributed by atoms with Gasteiger partial charge in [-0.1, -0.05) is 88.3 Å². The second-order valence-corrected chi connectivity index (χ2v) is 7.59. The lowest BCUT2D eigenvalue weighted by atomic mass is 10.0. The fraction of sp³-hybridized carbons (Fsp3) is 0.682. The summed E-state index contributed by atoms with van der Waals surface area (Å²) < 4.78 is 1.69. The molecule has 0 bridgehead atoms. The normalized spacial score (nSPS) is 12.2. The minimum atomic E-state index is -0.0179. The number of rotatable bonds is 16. The molecule has 0 amide bonds. The Morgan fingerprint density at radius 3 is 1.92 bits per heavy atom. The van der Waals surface area contributed by atoms with Gasteiger partial charge in [0.25, 0.3) is 5.56 Å². The highest BCUT2D eigenvalue weighted by atomic mass is 35.5. The Labute approximate surface area is 164 Å². The molecule has 0 aliphatic carbocycles. The summed E-state index contributed by atoms with van der Waals surface area (Å²) >= 11 is 6.00. The highest BCUT2D eigenvalue weighted by Gasteiger charge is 2.08. The Morgan fingerprint density at radius 2 is 1.42 bits per heavy atom. The van der Waals surface area contributed by atoms with Gasteiger partial charge in [0, 0.05) is 18.9 Å². The lowest BCUT2D eigenvalue weighted by Crippen LogP contribution is -2.22. The van der Waals surface area contributed by atoms with Crippen LogP contribution in [-0.2, 0) is 0 Å². The third-order valence-electron chi connectivity index (χ3n) is 4.94. The zero-order valence-electron chi connectivity index (χ0n) is 16.2. The number of hydrogen-bond acceptors (Lipinski definition) is 2. The quantitative estimate of drug-likeness (QED) is 0.270. The van der Waals surface area contributed by atoms with Crippen molar-refractivity contribution >= 4 is 11.6 Å². The highest BCUT2D eigenvalue weighted by Crippen LogP contribution is 2.18. The zero-order chi connectivity index (χ0) is 19.0. The molecule has 26 heavy (non-hydrogen) atoms. The van der Waals surface area contributed by atoms with Crippen LogP contribution in [0.15, 0.2) is 35.8 Å². The summed E-state index contributed by atoms with van der Waals surface area (Å²) in [5.41, 5.74) is -0.0179. The van der Waals surface area contributed by atoms with Gasteiger partial charge in [0.2, 0.25) is 0 Å². The first-order chi connectivity index (χ1) is 12.7. The third kappa shape index (κ3) is 10.2. The van der Waals surface area contributed by atoms with Gasteiger partial charge < -0.3 is 9.67 Å². The molecular weight excluding hydrogens is 346 g/mol. The van der Waals surface area contributed by atoms with Crippen LogP contribution in [-0.4, -0.2) is 16.3 Å². The standard InChI is InChI=1S/C22H36ClNO2/c1-2-21(24-19-20(23)16-17-22(24)26)15-13-11-9-7-5-3-4-6-8-10-12-14-18-25/h2,16-17,19,21,25H,1,3-15,18H2. The molecule has 1 heterocycles. The maximum Gasteiger partial charge on any atom is 0.251 e. The summed E-state index contributed by atoms with van der Waals surface area (Å²) in [7, 11) is 0. The van der Waals surface area contributed by atoms with Crippen LogP contribution in [0.5, 0.6) is 0 Å². The summed E-state index contributed by atoms with van der Waals surface area (Å²) in [6.07, 6.45) is 19.4. The van der Waals surface area contributed by atoms with Crippen LogP contribution in [0.4, 0.5) is 0 Å². The van der Waals surface area contributed by atoms with Crippen molar-refractivity contribution in [2.24, 2.45) is 0 Å². The Balaban J connectivity index is 2.03. The molecule has 1 atom stereocenters. The van der Waals surface area contributed by atoms with Crippen molar-refractivity contribution in [2.75, 3.05) is 6.61 Å². The van der Waals surface area contributed by atoms with Gasteiger partial charge in [0.1, 0.15) is 0 Å². The number of aliphatic hydroxyl groups excluding tert-OH is 1. The molecule has 0 aliphatic heterocycles. The molecule has 1 aromatic heterocycles. The first-order valence-corrected chi connectivity index (χ1v) is 10.7. The van der Waals surface area contributed by atoms with Gasteiger partial charge in [-0.05, 0) is 18.9 Å². The smallest absolute Gasteiger partial charge is 0.251 e. The maximum atomic E-state index is 12.0. The van der Waals surface area contributed by atoms with Crippen molar-refractivity contribution < 1.29 is 5.11 Å². The minimum Gasteiger partial charge on any atom is -0.396 e. The molecule has 1 aromatic rings. The van der Waals surface area contributed by atoms with Crippen molar-refractivity contribution in [3.63, 3.8) is 0 Å². The number of aliphatic hydroxyl groups is 1. The fourth-order valence-corrected chi connectivity index (χ4v) is 3.51. The molecule has 0 radical (unpaired) electrons. The van der Waals surface area contributed by atoms with E-state index in [2.05, 4.69) is 6.58 Å². The van der Waals surface area contributed by atoms with Crippen LogP contribution in [0.1, 0.15) is 89.5 Å². The topological polar surface area (TPSA) is 42.2 Å². The monoisotopic (exact) mass is 381 g/mol. The average Bonchev–Trinajstić information content (AvgIpc) is 2.64. The number of unbranched alkanes of at least 4 members (excludes halogenated alkanes) is 11. The van der Waals surface area contributed by atoms with E-state index in [9.17, 15) is 4.79 Å². The fourth-order valence-electron chi connectivity index (χ4n) is 3.34. The maximum absolute atomic E-state index is 12.0. The first kappa shape index (κ1) is 23.0. The Morgan fingerprint density at radius 1 is 0.923 bits per heavy atom. The first-order valence-electron chi connectivity index (χ1n) is 10.3. The van der Waals surface area contributed by atoms with Gasteiger partial charge in [-0.25, -0.2) is 0 Å². The van der Waals surface area contributed by atoms with E-state index in [1.807, 2.05) is 6.08 Å². The van der Waals surface area contributed by atoms with Crippen LogP contribution in [0, 0.1) is 0 Å². The summed E-state index contributed by atoms with van der Waals surface area (Å²) in [4.78, 5) is 12.0. The number of nitrogens with zero attached hydrogens (tertiary/aromatic N) is 1. The third-order valence-corrected chi connectivity index (χ3v) is 5.16. The van der Waals surface area contributed by atoms with E-state index in [0.717, 1.165) is 19.3 Å². The molecule has 4 heteroatoms. The van der Waals surface area contributed by atoms with Gasteiger partial charge >= 0.3 is 0 Å². The molecule has 1 N–H and O–H groups in total. The zero-order valence-corrected chi connectivity index (χ0v) is 16.9. The summed E-state index contributed by atoms with van der Waals surface area (Å²) in [5.74, 6) is 0. The minimum absolute atomic E-state index is 0.0179. The van der Waals surface area contributed by atoms with E-state index in [-0.39, 0.29) is 11.6 Å². The number of aromatic nitrogens is 1. The molecule has 148 valence electrons.